The summed E-state index contributed by atoms with van der Waals surface area (Å²) in [6.45, 7) is 0. The van der Waals surface area contributed by atoms with Gasteiger partial charge in [0.15, 0.2) is 0 Å². The second-order valence-electron chi connectivity index (χ2n) is 11.4. The van der Waals surface area contributed by atoms with E-state index >= 15 is 0 Å². The fourth-order valence-corrected chi connectivity index (χ4v) is 13.1. The third kappa shape index (κ3) is 4.04. The third-order valence-corrected chi connectivity index (χ3v) is 15.4. The average molecular weight is 697 g/mol. The Morgan fingerprint density at radius 1 is 0.386 bits per heavy atom. The van der Waals surface area contributed by atoms with Gasteiger partial charge in [-0.15, -0.1) is 0 Å². The quantitative estimate of drug-likeness (QED) is 0.189. The van der Waals surface area contributed by atoms with Gasteiger partial charge >= 0.3 is 265 Å². The summed E-state index contributed by atoms with van der Waals surface area (Å²) in [6.07, 6.45) is 0. The Kier molecular flexibility index (Phi) is 5.96. The molecular weight excluding hydrogens is 670 g/mol. The van der Waals surface area contributed by atoms with Gasteiger partial charge in [0, 0.05) is 0 Å². The second-order valence-corrected chi connectivity index (χ2v) is 17.7. The van der Waals surface area contributed by atoms with Gasteiger partial charge in [0.05, 0.1) is 0 Å². The summed E-state index contributed by atoms with van der Waals surface area (Å²) >= 11 is -4.29. The summed E-state index contributed by atoms with van der Waals surface area (Å²) in [5, 5.41) is 9.67. The zero-order chi connectivity index (χ0) is 29.4. The first kappa shape index (κ1) is 26.0. The summed E-state index contributed by atoms with van der Waals surface area (Å²) in [7, 11) is 0. The van der Waals surface area contributed by atoms with E-state index < -0.39 is 28.1 Å². The Balaban J connectivity index is 0.000000123. The zero-order valence-corrected chi connectivity index (χ0v) is 27.2. The molecule has 0 fully saturated rings. The van der Waals surface area contributed by atoms with Gasteiger partial charge in [-0.25, -0.2) is 0 Å². The van der Waals surface area contributed by atoms with Crippen molar-refractivity contribution in [3.63, 3.8) is 0 Å². The maximum absolute atomic E-state index is 13.0. The average Bonchev–Trinajstić information content (AvgIpc) is 3.49. The molecule has 0 aliphatic carbocycles. The predicted molar refractivity (Wildman–Crippen MR) is 188 cm³/mol. The first-order chi connectivity index (χ1) is 21.6. The Morgan fingerprint density at radius 2 is 0.659 bits per heavy atom. The monoisotopic (exact) mass is 698 g/mol. The van der Waals surface area contributed by atoms with Crippen LogP contribution < -0.4 is 17.8 Å². The minimum absolute atomic E-state index is 1.03. The van der Waals surface area contributed by atoms with Gasteiger partial charge in [-0.05, 0) is 0 Å². The predicted octanol–water partition coefficient (Wildman–Crippen LogP) is 6.31. The molecule has 44 heavy (non-hydrogen) atoms. The van der Waals surface area contributed by atoms with Gasteiger partial charge in [-0.1, -0.05) is 0 Å². The third-order valence-electron chi connectivity index (χ3n) is 8.86. The molecule has 0 unspecified atom stereocenters. The molecule has 2 aliphatic heterocycles. The molecule has 2 heterocycles. The first-order valence-electron chi connectivity index (χ1n) is 14.7. The van der Waals surface area contributed by atoms with Crippen LogP contribution in [0.25, 0.3) is 65.3 Å². The Morgan fingerprint density at radius 3 is 1.00 bits per heavy atom. The van der Waals surface area contributed by atoms with Crippen molar-refractivity contribution in [3.8, 4) is 22.3 Å². The number of hydrogen-bond donors (Lipinski definition) is 1. The molecule has 8 aromatic rings. The Hall–Kier alpha value is -4.40. The standard InChI is InChI=1S/C20H14OSe.C20H12OSe/c2*21-22-19-11-15-7-3-1-5-13(15)9-17(19)18-10-14-6-2-4-8-16(14)12-20(18)22/h1-12,21-22H;1-12H. The second kappa shape index (κ2) is 10.1. The van der Waals surface area contributed by atoms with Crippen molar-refractivity contribution < 1.29 is 8.02 Å². The van der Waals surface area contributed by atoms with Crippen LogP contribution in [0, 0.1) is 0 Å². The van der Waals surface area contributed by atoms with Crippen LogP contribution in [0.2, 0.25) is 0 Å². The van der Waals surface area contributed by atoms with E-state index in [1.165, 1.54) is 54.2 Å². The van der Waals surface area contributed by atoms with Crippen LogP contribution in [0.5, 0.6) is 0 Å². The Labute approximate surface area is 263 Å². The molecular formula is C40H26O2Se2. The van der Waals surface area contributed by atoms with Crippen LogP contribution in [-0.2, 0) is 3.83 Å². The summed E-state index contributed by atoms with van der Waals surface area (Å²) < 4.78 is 28.3. The summed E-state index contributed by atoms with van der Waals surface area (Å²) in [5.74, 6) is 0. The van der Waals surface area contributed by atoms with E-state index in [0.29, 0.717) is 0 Å². The fourth-order valence-electron chi connectivity index (χ4n) is 6.65. The van der Waals surface area contributed by atoms with Gasteiger partial charge in [0.1, 0.15) is 0 Å². The molecule has 0 saturated carbocycles. The first-order valence-corrected chi connectivity index (χ1v) is 19.8. The molecule has 0 saturated heterocycles. The van der Waals surface area contributed by atoms with E-state index in [1.807, 2.05) is 12.1 Å². The van der Waals surface area contributed by atoms with E-state index in [4.69, 9.17) is 0 Å². The van der Waals surface area contributed by atoms with Crippen molar-refractivity contribution in [1.82, 2.24) is 0 Å². The number of hydrogen-bond acceptors (Lipinski definition) is 2. The molecule has 2 nitrogen and oxygen atoms in total. The van der Waals surface area contributed by atoms with Crippen molar-refractivity contribution >= 4 is 89.0 Å². The SMILES string of the molecule is O=[Se]1c2cc3ccccc3cc2-c2cc3ccccc3cc21.O[SeH]1c2cc3ccccc3cc2-c2cc3ccccc3cc21. The minimum atomic E-state index is -2.16. The van der Waals surface area contributed by atoms with E-state index in [9.17, 15) is 8.02 Å². The summed E-state index contributed by atoms with van der Waals surface area (Å²) in [5.41, 5.74) is 4.75. The molecule has 8 aromatic carbocycles. The van der Waals surface area contributed by atoms with Crippen LogP contribution in [0.1, 0.15) is 0 Å². The van der Waals surface area contributed by atoms with Gasteiger partial charge in [-0.2, -0.15) is 0 Å². The zero-order valence-electron chi connectivity index (χ0n) is 23.6. The van der Waals surface area contributed by atoms with Crippen LogP contribution >= 0.6 is 0 Å². The van der Waals surface area contributed by atoms with E-state index in [-0.39, 0.29) is 0 Å². The molecule has 2 aliphatic rings. The van der Waals surface area contributed by atoms with Crippen molar-refractivity contribution in [1.29, 1.82) is 0 Å². The van der Waals surface area contributed by atoms with Crippen molar-refractivity contribution in [2.24, 2.45) is 0 Å². The van der Waals surface area contributed by atoms with Gasteiger partial charge < -0.3 is 0 Å². The van der Waals surface area contributed by atoms with E-state index in [0.717, 1.165) is 29.0 Å². The number of fused-ring (bicyclic) bond motifs is 10. The molecule has 0 bridgehead atoms. The maximum atomic E-state index is 13.0. The molecule has 0 atom stereocenters. The van der Waals surface area contributed by atoms with Gasteiger partial charge in [0.25, 0.3) is 0 Å². The fraction of sp³-hybridized carbons (Fsp3) is 0. The Bertz CT molecular complexity index is 2330. The molecule has 0 spiro atoms. The molecule has 0 radical (unpaired) electrons. The molecule has 210 valence electrons. The van der Waals surface area contributed by atoms with E-state index in [1.54, 1.807) is 0 Å². The van der Waals surface area contributed by atoms with Crippen molar-refractivity contribution in [2.45, 2.75) is 0 Å². The molecule has 10 rings (SSSR count). The van der Waals surface area contributed by atoms with Crippen molar-refractivity contribution in [2.75, 3.05) is 0 Å². The number of rotatable bonds is 0. The van der Waals surface area contributed by atoms with Crippen molar-refractivity contribution in [3.05, 3.63) is 146 Å². The number of benzene rings is 8. The normalized spacial score (nSPS) is 13.9. The van der Waals surface area contributed by atoms with Crippen LogP contribution in [-0.4, -0.2) is 32.3 Å². The molecule has 1 N–H and O–H groups in total. The van der Waals surface area contributed by atoms with Gasteiger partial charge in [0.2, 0.25) is 0 Å². The molecule has 0 aromatic heterocycles. The summed E-state index contributed by atoms with van der Waals surface area (Å²) in [4.78, 5) is 0. The molecule has 4 heteroatoms. The van der Waals surface area contributed by atoms with Crippen LogP contribution in [0.15, 0.2) is 146 Å². The van der Waals surface area contributed by atoms with E-state index in [2.05, 4.69) is 133 Å². The topological polar surface area (TPSA) is 37.3 Å². The van der Waals surface area contributed by atoms with Crippen LogP contribution in [0.3, 0.4) is 0 Å². The van der Waals surface area contributed by atoms with Gasteiger partial charge in [-0.3, -0.25) is 0 Å². The van der Waals surface area contributed by atoms with Crippen LogP contribution in [0.4, 0.5) is 0 Å². The summed E-state index contributed by atoms with van der Waals surface area (Å²) in [6, 6.07) is 50.9. The molecule has 0 amide bonds.